The molecule has 0 aromatic rings. The molecular formula is C16H34N2O2. The Labute approximate surface area is 125 Å². The smallest absolute Gasteiger partial charge is 0.326 e. The van der Waals surface area contributed by atoms with Gasteiger partial charge in [0.25, 0.3) is 0 Å². The number of hydrogen-bond acceptors (Lipinski definition) is 4. The van der Waals surface area contributed by atoms with Gasteiger partial charge in [0.1, 0.15) is 5.54 Å². The van der Waals surface area contributed by atoms with Crippen LogP contribution in [0.2, 0.25) is 0 Å². The van der Waals surface area contributed by atoms with Crippen LogP contribution in [0.3, 0.4) is 0 Å². The van der Waals surface area contributed by atoms with E-state index in [4.69, 9.17) is 4.74 Å². The second kappa shape index (κ2) is 10.2. The van der Waals surface area contributed by atoms with E-state index >= 15 is 0 Å². The SMILES string of the molecule is CCCNC(C)(CCN(C)CC(C)CC)C(=O)OCC. The van der Waals surface area contributed by atoms with Gasteiger partial charge in [-0.25, -0.2) is 0 Å². The van der Waals surface area contributed by atoms with Gasteiger partial charge in [-0.3, -0.25) is 4.79 Å². The van der Waals surface area contributed by atoms with Crippen molar-refractivity contribution in [1.29, 1.82) is 0 Å². The number of nitrogens with one attached hydrogen (secondary N) is 1. The Balaban J connectivity index is 4.45. The highest BCUT2D eigenvalue weighted by atomic mass is 16.5. The highest BCUT2D eigenvalue weighted by Gasteiger charge is 2.33. The lowest BCUT2D eigenvalue weighted by molar-refractivity contribution is -0.151. The van der Waals surface area contributed by atoms with E-state index in [0.717, 1.165) is 32.5 Å². The van der Waals surface area contributed by atoms with Gasteiger partial charge in [0, 0.05) is 13.1 Å². The zero-order valence-corrected chi connectivity index (χ0v) is 14.3. The number of carbonyl (C=O) groups is 1. The molecule has 0 saturated heterocycles. The molecule has 0 aliphatic rings. The lowest BCUT2D eigenvalue weighted by Crippen LogP contribution is -2.52. The average molecular weight is 286 g/mol. The van der Waals surface area contributed by atoms with E-state index in [1.807, 2.05) is 13.8 Å². The summed E-state index contributed by atoms with van der Waals surface area (Å²) in [5, 5.41) is 3.35. The lowest BCUT2D eigenvalue weighted by Gasteiger charge is -2.31. The van der Waals surface area contributed by atoms with Crippen LogP contribution in [0.1, 0.15) is 53.9 Å². The standard InChI is InChI=1S/C16H34N2O2/c1-7-11-17-16(5,15(19)20-9-3)10-12-18(6)13-14(4)8-2/h14,17H,7-13H2,1-6H3. The van der Waals surface area contributed by atoms with E-state index in [1.165, 1.54) is 6.42 Å². The van der Waals surface area contributed by atoms with E-state index in [1.54, 1.807) is 0 Å². The Morgan fingerprint density at radius 3 is 2.50 bits per heavy atom. The normalized spacial score (nSPS) is 15.9. The van der Waals surface area contributed by atoms with Crippen molar-refractivity contribution in [2.45, 2.75) is 59.4 Å². The first kappa shape index (κ1) is 19.4. The molecule has 2 unspecified atom stereocenters. The van der Waals surface area contributed by atoms with Gasteiger partial charge >= 0.3 is 5.97 Å². The summed E-state index contributed by atoms with van der Waals surface area (Å²) in [6.45, 7) is 13.6. The van der Waals surface area contributed by atoms with Gasteiger partial charge in [-0.1, -0.05) is 27.2 Å². The molecule has 0 amide bonds. The van der Waals surface area contributed by atoms with Crippen LogP contribution in [-0.2, 0) is 9.53 Å². The third-order valence-electron chi connectivity index (χ3n) is 3.80. The Kier molecular flexibility index (Phi) is 9.86. The number of carbonyl (C=O) groups excluding carboxylic acids is 1. The molecule has 0 heterocycles. The predicted molar refractivity (Wildman–Crippen MR) is 84.9 cm³/mol. The van der Waals surface area contributed by atoms with Crippen molar-refractivity contribution in [3.63, 3.8) is 0 Å². The first-order valence-electron chi connectivity index (χ1n) is 8.00. The van der Waals surface area contributed by atoms with Gasteiger partial charge in [0.15, 0.2) is 0 Å². The van der Waals surface area contributed by atoms with Crippen molar-refractivity contribution in [3.8, 4) is 0 Å². The monoisotopic (exact) mass is 286 g/mol. The average Bonchev–Trinajstić information content (AvgIpc) is 2.43. The van der Waals surface area contributed by atoms with Crippen molar-refractivity contribution in [2.24, 2.45) is 5.92 Å². The van der Waals surface area contributed by atoms with Crippen LogP contribution in [0, 0.1) is 5.92 Å². The Hall–Kier alpha value is -0.610. The van der Waals surface area contributed by atoms with E-state index in [0.29, 0.717) is 12.5 Å². The Bertz CT molecular complexity index is 271. The van der Waals surface area contributed by atoms with Crippen LogP contribution >= 0.6 is 0 Å². The molecular weight excluding hydrogens is 252 g/mol. The maximum absolute atomic E-state index is 12.2. The maximum atomic E-state index is 12.2. The summed E-state index contributed by atoms with van der Waals surface area (Å²) in [4.78, 5) is 14.5. The Morgan fingerprint density at radius 2 is 2.00 bits per heavy atom. The summed E-state index contributed by atoms with van der Waals surface area (Å²) >= 11 is 0. The molecule has 0 aromatic carbocycles. The number of ether oxygens (including phenoxy) is 1. The quantitative estimate of drug-likeness (QED) is 0.593. The van der Waals surface area contributed by atoms with Crippen LogP contribution in [0.25, 0.3) is 0 Å². The van der Waals surface area contributed by atoms with E-state index in [9.17, 15) is 4.79 Å². The molecule has 0 saturated carbocycles. The van der Waals surface area contributed by atoms with Gasteiger partial charge in [-0.2, -0.15) is 0 Å². The fraction of sp³-hybridized carbons (Fsp3) is 0.938. The molecule has 0 aromatic heterocycles. The molecule has 0 radical (unpaired) electrons. The number of hydrogen-bond donors (Lipinski definition) is 1. The maximum Gasteiger partial charge on any atom is 0.326 e. The van der Waals surface area contributed by atoms with Gasteiger partial charge in [0.2, 0.25) is 0 Å². The summed E-state index contributed by atoms with van der Waals surface area (Å²) in [7, 11) is 2.12. The fourth-order valence-electron chi connectivity index (χ4n) is 2.12. The summed E-state index contributed by atoms with van der Waals surface area (Å²) in [5.41, 5.74) is -0.574. The minimum Gasteiger partial charge on any atom is -0.465 e. The molecule has 4 nitrogen and oxygen atoms in total. The number of rotatable bonds is 11. The van der Waals surface area contributed by atoms with Crippen molar-refractivity contribution in [3.05, 3.63) is 0 Å². The summed E-state index contributed by atoms with van der Waals surface area (Å²) in [6, 6.07) is 0. The van der Waals surface area contributed by atoms with Gasteiger partial charge in [-0.05, 0) is 46.2 Å². The van der Waals surface area contributed by atoms with Crippen molar-refractivity contribution in [1.82, 2.24) is 10.2 Å². The second-order valence-corrected chi connectivity index (χ2v) is 6.01. The summed E-state index contributed by atoms with van der Waals surface area (Å²) in [5.74, 6) is 0.558. The number of nitrogens with zero attached hydrogens (tertiary/aromatic N) is 1. The minimum absolute atomic E-state index is 0.134. The summed E-state index contributed by atoms with van der Waals surface area (Å²) in [6.07, 6.45) is 2.98. The first-order valence-corrected chi connectivity index (χ1v) is 8.00. The summed E-state index contributed by atoms with van der Waals surface area (Å²) < 4.78 is 5.22. The van der Waals surface area contributed by atoms with Crippen LogP contribution in [0.4, 0.5) is 0 Å². The second-order valence-electron chi connectivity index (χ2n) is 6.01. The molecule has 0 aliphatic heterocycles. The van der Waals surface area contributed by atoms with Gasteiger partial charge in [0.05, 0.1) is 6.61 Å². The zero-order valence-electron chi connectivity index (χ0n) is 14.3. The molecule has 0 fully saturated rings. The topological polar surface area (TPSA) is 41.6 Å². The third kappa shape index (κ3) is 7.25. The molecule has 1 N–H and O–H groups in total. The van der Waals surface area contributed by atoms with Crippen molar-refractivity contribution < 1.29 is 9.53 Å². The molecule has 2 atom stereocenters. The largest absolute Gasteiger partial charge is 0.465 e. The highest BCUT2D eigenvalue weighted by Crippen LogP contribution is 2.14. The van der Waals surface area contributed by atoms with Crippen LogP contribution < -0.4 is 5.32 Å². The molecule has 0 rings (SSSR count). The molecule has 0 spiro atoms. The third-order valence-corrected chi connectivity index (χ3v) is 3.80. The van der Waals surface area contributed by atoms with E-state index < -0.39 is 5.54 Å². The van der Waals surface area contributed by atoms with Crippen molar-refractivity contribution >= 4 is 5.97 Å². The van der Waals surface area contributed by atoms with Crippen molar-refractivity contribution in [2.75, 3.05) is 33.3 Å². The van der Waals surface area contributed by atoms with Gasteiger partial charge < -0.3 is 15.0 Å². The zero-order chi connectivity index (χ0) is 15.6. The highest BCUT2D eigenvalue weighted by molar-refractivity contribution is 5.80. The minimum atomic E-state index is -0.574. The predicted octanol–water partition coefficient (Wildman–Crippen LogP) is 2.68. The molecule has 4 heteroatoms. The van der Waals surface area contributed by atoms with Gasteiger partial charge in [-0.15, -0.1) is 0 Å². The number of esters is 1. The molecule has 0 aliphatic carbocycles. The van der Waals surface area contributed by atoms with E-state index in [2.05, 4.69) is 38.0 Å². The lowest BCUT2D eigenvalue weighted by atomic mass is 9.97. The van der Waals surface area contributed by atoms with Crippen LogP contribution in [-0.4, -0.2) is 49.7 Å². The molecule has 0 bridgehead atoms. The van der Waals surface area contributed by atoms with E-state index in [-0.39, 0.29) is 5.97 Å². The fourth-order valence-corrected chi connectivity index (χ4v) is 2.12. The Morgan fingerprint density at radius 1 is 1.35 bits per heavy atom. The molecule has 20 heavy (non-hydrogen) atoms. The van der Waals surface area contributed by atoms with Crippen LogP contribution in [0.5, 0.6) is 0 Å². The molecule has 120 valence electrons. The first-order chi connectivity index (χ1) is 9.39. The van der Waals surface area contributed by atoms with Crippen LogP contribution in [0.15, 0.2) is 0 Å².